The van der Waals surface area contributed by atoms with Crippen molar-refractivity contribution in [1.29, 1.82) is 0 Å². The number of hydrogen-bond acceptors (Lipinski definition) is 6. The maximum absolute atomic E-state index is 14.8. The van der Waals surface area contributed by atoms with Gasteiger partial charge in [0.15, 0.2) is 11.6 Å². The minimum atomic E-state index is -0.996. The second-order valence-electron chi connectivity index (χ2n) is 9.56. The molecule has 0 unspecified atom stereocenters. The van der Waals surface area contributed by atoms with E-state index in [1.807, 2.05) is 0 Å². The molecule has 4 rings (SSSR count). The van der Waals surface area contributed by atoms with Crippen LogP contribution in [0, 0.1) is 22.9 Å². The number of esters is 1. The molecule has 9 heteroatoms. The van der Waals surface area contributed by atoms with Crippen molar-refractivity contribution >= 4 is 16.9 Å². The number of ether oxygens (including phenoxy) is 3. The molecule has 0 amide bonds. The predicted octanol–water partition coefficient (Wildman–Crippen LogP) is 5.71. The van der Waals surface area contributed by atoms with Gasteiger partial charge in [0.1, 0.15) is 18.2 Å². The van der Waals surface area contributed by atoms with Crippen LogP contribution < -0.4 is 9.47 Å². The van der Waals surface area contributed by atoms with Gasteiger partial charge in [-0.15, -0.1) is 0 Å². The molecule has 2 heterocycles. The van der Waals surface area contributed by atoms with E-state index >= 15 is 0 Å². The number of carbonyl (C=O) groups is 1. The van der Waals surface area contributed by atoms with E-state index in [9.17, 15) is 18.0 Å². The van der Waals surface area contributed by atoms with Gasteiger partial charge < -0.3 is 14.2 Å². The fraction of sp³-hybridized carbons (Fsp3) is 0.448. The maximum atomic E-state index is 14.8. The first-order valence-corrected chi connectivity index (χ1v) is 12.9. The zero-order valence-corrected chi connectivity index (χ0v) is 21.8. The Kier molecular flexibility index (Phi) is 9.09. The molecule has 1 saturated heterocycles. The topological polar surface area (TPSA) is 60.9 Å². The highest BCUT2D eigenvalue weighted by molar-refractivity contribution is 5.83. The van der Waals surface area contributed by atoms with Crippen LogP contribution in [0.15, 0.2) is 42.6 Å². The van der Waals surface area contributed by atoms with E-state index in [0.717, 1.165) is 6.07 Å². The van der Waals surface area contributed by atoms with Crippen molar-refractivity contribution in [1.82, 2.24) is 9.88 Å². The summed E-state index contributed by atoms with van der Waals surface area (Å²) in [6.07, 6.45) is 4.05. The highest BCUT2D eigenvalue weighted by atomic mass is 19.2. The highest BCUT2D eigenvalue weighted by Gasteiger charge is 2.42. The largest absolute Gasteiger partial charge is 0.497 e. The molecule has 0 radical (unpaired) electrons. The minimum absolute atomic E-state index is 0.114. The number of nitrogens with zero attached hydrogens (tertiary/aromatic N) is 2. The molecule has 204 valence electrons. The molecule has 2 aromatic carbocycles. The number of carbonyl (C=O) groups excluding carboxylic acids is 1. The van der Waals surface area contributed by atoms with E-state index < -0.39 is 17.0 Å². The Bertz CT molecular complexity index is 1260. The molecule has 0 N–H and O–H groups in total. The Morgan fingerprint density at radius 1 is 1.11 bits per heavy atom. The van der Waals surface area contributed by atoms with Crippen molar-refractivity contribution in [3.05, 3.63) is 65.6 Å². The molecule has 1 aliphatic heterocycles. The van der Waals surface area contributed by atoms with Gasteiger partial charge in [-0.3, -0.25) is 14.7 Å². The third-order valence-electron chi connectivity index (χ3n) is 7.32. The Hall–Kier alpha value is -3.33. The number of benzene rings is 2. The summed E-state index contributed by atoms with van der Waals surface area (Å²) >= 11 is 0. The van der Waals surface area contributed by atoms with Crippen molar-refractivity contribution < 1.29 is 32.2 Å². The fourth-order valence-electron chi connectivity index (χ4n) is 5.11. The molecule has 38 heavy (non-hydrogen) atoms. The molecular formula is C29H33F3N2O4. The van der Waals surface area contributed by atoms with Gasteiger partial charge in [-0.2, -0.15) is 4.39 Å². The average molecular weight is 531 g/mol. The predicted molar refractivity (Wildman–Crippen MR) is 138 cm³/mol. The SMILES string of the molecule is CCOC(=O)C1(CCCc2c(F)cnc3ccc(OC)cc23)CCN(CCOc2cccc(F)c2F)CC1. The molecule has 3 aromatic rings. The first-order valence-electron chi connectivity index (χ1n) is 12.9. The molecule has 0 saturated carbocycles. The Morgan fingerprint density at radius 3 is 2.63 bits per heavy atom. The normalized spacial score (nSPS) is 15.4. The van der Waals surface area contributed by atoms with E-state index in [0.29, 0.717) is 80.6 Å². The second-order valence-corrected chi connectivity index (χ2v) is 9.56. The number of pyridine rings is 1. The zero-order chi connectivity index (χ0) is 27.1. The van der Waals surface area contributed by atoms with Crippen molar-refractivity contribution in [3.8, 4) is 11.5 Å². The minimum Gasteiger partial charge on any atom is -0.497 e. The molecule has 1 aromatic heterocycles. The number of methoxy groups -OCH3 is 1. The maximum Gasteiger partial charge on any atom is 0.312 e. The van der Waals surface area contributed by atoms with Crippen LogP contribution in [0.1, 0.15) is 38.2 Å². The molecular weight excluding hydrogens is 497 g/mol. The molecule has 1 aliphatic rings. The molecule has 0 bridgehead atoms. The summed E-state index contributed by atoms with van der Waals surface area (Å²) in [5, 5.41) is 0.707. The van der Waals surface area contributed by atoms with Gasteiger partial charge >= 0.3 is 5.97 Å². The lowest BCUT2D eigenvalue weighted by molar-refractivity contribution is -0.159. The molecule has 0 atom stereocenters. The highest BCUT2D eigenvalue weighted by Crippen LogP contribution is 2.38. The summed E-state index contributed by atoms with van der Waals surface area (Å²) in [5.74, 6) is -2.02. The number of fused-ring (bicyclic) bond motifs is 1. The van der Waals surface area contributed by atoms with Gasteiger partial charge in [0.05, 0.1) is 30.8 Å². The van der Waals surface area contributed by atoms with Crippen LogP contribution in [-0.2, 0) is 16.0 Å². The third-order valence-corrected chi connectivity index (χ3v) is 7.32. The summed E-state index contributed by atoms with van der Waals surface area (Å²) < 4.78 is 58.2. The Labute approximate surface area is 220 Å². The number of aromatic nitrogens is 1. The second kappa shape index (κ2) is 12.5. The van der Waals surface area contributed by atoms with Crippen LogP contribution in [0.3, 0.4) is 0 Å². The number of aryl methyl sites for hydroxylation is 1. The smallest absolute Gasteiger partial charge is 0.312 e. The number of hydrogen-bond donors (Lipinski definition) is 0. The van der Waals surface area contributed by atoms with Crippen LogP contribution in [0.2, 0.25) is 0 Å². The average Bonchev–Trinajstić information content (AvgIpc) is 2.93. The van der Waals surface area contributed by atoms with Crippen LogP contribution in [0.5, 0.6) is 11.5 Å². The van der Waals surface area contributed by atoms with E-state index in [1.54, 1.807) is 32.2 Å². The summed E-state index contributed by atoms with van der Waals surface area (Å²) in [6.45, 7) is 4.07. The Morgan fingerprint density at radius 2 is 1.89 bits per heavy atom. The zero-order valence-electron chi connectivity index (χ0n) is 21.8. The molecule has 0 spiro atoms. The van der Waals surface area contributed by atoms with Crippen molar-refractivity contribution in [2.75, 3.05) is 40.0 Å². The summed E-state index contributed by atoms with van der Waals surface area (Å²) in [4.78, 5) is 19.4. The standard InChI is InChI=1S/C29H33F3N2O4/c1-3-37-28(35)29(11-5-6-21-22-18-20(36-2)9-10-25(22)33-19-24(21)31)12-14-34(15-13-29)16-17-38-26-8-4-7-23(30)27(26)32/h4,7-10,18-19H,3,5-6,11-17H2,1-2H3. The third kappa shape index (κ3) is 6.20. The lowest BCUT2D eigenvalue weighted by Gasteiger charge is -2.40. The quantitative estimate of drug-likeness (QED) is 0.296. The summed E-state index contributed by atoms with van der Waals surface area (Å²) in [6, 6.07) is 9.23. The van der Waals surface area contributed by atoms with Crippen LogP contribution in [0.25, 0.3) is 10.9 Å². The van der Waals surface area contributed by atoms with Crippen molar-refractivity contribution in [2.45, 2.75) is 39.0 Å². The van der Waals surface area contributed by atoms with E-state index in [-0.39, 0.29) is 24.1 Å². The lowest BCUT2D eigenvalue weighted by Crippen LogP contribution is -2.46. The van der Waals surface area contributed by atoms with Crippen LogP contribution in [0.4, 0.5) is 13.2 Å². The van der Waals surface area contributed by atoms with Gasteiger partial charge in [0.25, 0.3) is 0 Å². The first kappa shape index (κ1) is 27.7. The monoisotopic (exact) mass is 530 g/mol. The van der Waals surface area contributed by atoms with E-state index in [2.05, 4.69) is 9.88 Å². The molecule has 0 aliphatic carbocycles. The van der Waals surface area contributed by atoms with Crippen molar-refractivity contribution in [3.63, 3.8) is 0 Å². The van der Waals surface area contributed by atoms with Crippen molar-refractivity contribution in [2.24, 2.45) is 5.41 Å². The van der Waals surface area contributed by atoms with Crippen LogP contribution >= 0.6 is 0 Å². The molecule has 1 fully saturated rings. The van der Waals surface area contributed by atoms with Crippen LogP contribution in [-0.4, -0.2) is 55.8 Å². The number of likely N-dealkylation sites (tertiary alicyclic amines) is 1. The van der Waals surface area contributed by atoms with Gasteiger partial charge in [0, 0.05) is 11.9 Å². The fourth-order valence-corrected chi connectivity index (χ4v) is 5.11. The number of halogens is 3. The summed E-state index contributed by atoms with van der Waals surface area (Å²) in [5.41, 5.74) is 0.599. The summed E-state index contributed by atoms with van der Waals surface area (Å²) in [7, 11) is 1.56. The first-order chi connectivity index (χ1) is 18.4. The van der Waals surface area contributed by atoms with E-state index in [1.165, 1.54) is 18.3 Å². The van der Waals surface area contributed by atoms with Gasteiger partial charge in [-0.05, 0) is 88.0 Å². The lowest BCUT2D eigenvalue weighted by atomic mass is 9.74. The number of rotatable bonds is 11. The number of piperidine rings is 1. The molecule has 6 nitrogen and oxygen atoms in total. The van der Waals surface area contributed by atoms with E-state index in [4.69, 9.17) is 14.2 Å². The van der Waals surface area contributed by atoms with Gasteiger partial charge in [-0.1, -0.05) is 6.07 Å². The van der Waals surface area contributed by atoms with Gasteiger partial charge in [0.2, 0.25) is 5.82 Å². The Balaban J connectivity index is 1.37. The van der Waals surface area contributed by atoms with Gasteiger partial charge in [-0.25, -0.2) is 8.78 Å².